The fourth-order valence-corrected chi connectivity index (χ4v) is 3.57. The number of carbonyl (C=O) groups is 2. The van der Waals surface area contributed by atoms with Crippen LogP contribution < -0.4 is 15.0 Å². The number of fused-ring (bicyclic) bond motifs is 1. The molecule has 0 radical (unpaired) electrons. The third-order valence-electron chi connectivity index (χ3n) is 4.81. The molecule has 0 aliphatic carbocycles. The molecule has 0 unspecified atom stereocenters. The second kappa shape index (κ2) is 8.27. The first-order valence-corrected chi connectivity index (χ1v) is 10.1. The van der Waals surface area contributed by atoms with Crippen molar-refractivity contribution >= 4 is 33.4 Å². The summed E-state index contributed by atoms with van der Waals surface area (Å²) in [6.07, 6.45) is -0.186. The lowest BCUT2D eigenvalue weighted by atomic mass is 10.1. The fraction of sp³-hybridized carbons (Fsp3) is 0.238. The Kier molecular flexibility index (Phi) is 5.54. The third kappa shape index (κ3) is 4.06. The first kappa shape index (κ1) is 20.1. The summed E-state index contributed by atoms with van der Waals surface area (Å²) in [7, 11) is 1.64. The predicted octanol–water partition coefficient (Wildman–Crippen LogP) is 2.97. The lowest BCUT2D eigenvalue weighted by Gasteiger charge is -2.23. The maximum absolute atomic E-state index is 13.0. The highest BCUT2D eigenvalue weighted by Crippen LogP contribution is 2.34. The molecule has 154 valence electrons. The Labute approximate surface area is 181 Å². The van der Waals surface area contributed by atoms with Crippen LogP contribution in [0.1, 0.15) is 29.1 Å². The van der Waals surface area contributed by atoms with Gasteiger partial charge in [-0.1, -0.05) is 46.3 Å². The number of rotatable bonds is 4. The largest absolute Gasteiger partial charge is 0.486 e. The van der Waals surface area contributed by atoms with Gasteiger partial charge in [0.25, 0.3) is 5.91 Å². The van der Waals surface area contributed by atoms with E-state index >= 15 is 0 Å². The number of nitrogens with zero attached hydrogens (tertiary/aromatic N) is 3. The maximum atomic E-state index is 13.0. The van der Waals surface area contributed by atoms with E-state index in [9.17, 15) is 9.59 Å². The summed E-state index contributed by atoms with van der Waals surface area (Å²) in [4.78, 5) is 27.1. The molecule has 2 amide bonds. The van der Waals surface area contributed by atoms with Crippen LogP contribution in [0.4, 0.5) is 5.69 Å². The van der Waals surface area contributed by atoms with Crippen molar-refractivity contribution in [3.8, 4) is 5.75 Å². The molecule has 2 aromatic carbocycles. The van der Waals surface area contributed by atoms with E-state index in [2.05, 4.69) is 31.4 Å². The van der Waals surface area contributed by atoms with E-state index in [1.54, 1.807) is 26.1 Å². The minimum absolute atomic E-state index is 0.201. The van der Waals surface area contributed by atoms with Crippen LogP contribution in [0.5, 0.6) is 5.75 Å². The molecule has 4 rings (SSSR count). The summed E-state index contributed by atoms with van der Waals surface area (Å²) >= 11 is 3.40. The van der Waals surface area contributed by atoms with Gasteiger partial charge in [-0.25, -0.2) is 0 Å². The molecule has 1 aliphatic rings. The number of nitrogens with one attached hydrogen (secondary N) is 1. The minimum Gasteiger partial charge on any atom is -0.486 e. The molecule has 0 saturated heterocycles. The van der Waals surface area contributed by atoms with Gasteiger partial charge in [0.05, 0.1) is 12.1 Å². The van der Waals surface area contributed by atoms with Crippen molar-refractivity contribution in [3.63, 3.8) is 0 Å². The number of anilines is 1. The Bertz CT molecular complexity index is 1090. The number of hydrogen-bond donors (Lipinski definition) is 1. The topological polar surface area (TPSA) is 97.6 Å². The predicted molar refractivity (Wildman–Crippen MR) is 112 cm³/mol. The zero-order valence-corrected chi connectivity index (χ0v) is 17.9. The van der Waals surface area contributed by atoms with Gasteiger partial charge in [-0.15, -0.1) is 10.2 Å². The zero-order chi connectivity index (χ0) is 21.3. The second-order valence-electron chi connectivity index (χ2n) is 6.95. The number of benzene rings is 2. The Morgan fingerprint density at radius 3 is 2.73 bits per heavy atom. The molecule has 2 atom stereocenters. The van der Waals surface area contributed by atoms with Crippen molar-refractivity contribution in [1.29, 1.82) is 0 Å². The van der Waals surface area contributed by atoms with E-state index in [1.165, 1.54) is 4.90 Å². The van der Waals surface area contributed by atoms with Crippen LogP contribution in [-0.2, 0) is 11.2 Å². The average Bonchev–Trinajstić information content (AvgIpc) is 3.18. The minimum atomic E-state index is -0.918. The van der Waals surface area contributed by atoms with Gasteiger partial charge < -0.3 is 19.4 Å². The number of aromatic nitrogens is 2. The highest BCUT2D eigenvalue weighted by molar-refractivity contribution is 9.10. The summed E-state index contributed by atoms with van der Waals surface area (Å²) in [5, 5.41) is 10.4. The summed E-state index contributed by atoms with van der Waals surface area (Å²) < 4.78 is 12.2. The molecule has 0 saturated carbocycles. The molecule has 0 fully saturated rings. The SMILES string of the molecule is C[C@H]1Oc2ccc(Br)cc2N(C)C(=O)[C@H]1NC(=O)c1nnc(Cc2ccccc2)o1. The normalized spacial score (nSPS) is 18.4. The van der Waals surface area contributed by atoms with Crippen LogP contribution in [0.3, 0.4) is 0 Å². The number of halogens is 1. The quantitative estimate of drug-likeness (QED) is 0.629. The number of carbonyl (C=O) groups excluding carboxylic acids is 2. The van der Waals surface area contributed by atoms with Crippen molar-refractivity contribution in [2.24, 2.45) is 0 Å². The highest BCUT2D eigenvalue weighted by atomic mass is 79.9. The fourth-order valence-electron chi connectivity index (χ4n) is 3.22. The number of hydrogen-bond acceptors (Lipinski definition) is 6. The van der Waals surface area contributed by atoms with Crippen LogP contribution in [0.25, 0.3) is 0 Å². The van der Waals surface area contributed by atoms with Crippen molar-refractivity contribution in [1.82, 2.24) is 15.5 Å². The molecule has 0 spiro atoms. The smallest absolute Gasteiger partial charge is 0.309 e. The second-order valence-corrected chi connectivity index (χ2v) is 7.86. The van der Waals surface area contributed by atoms with E-state index in [4.69, 9.17) is 9.15 Å². The van der Waals surface area contributed by atoms with E-state index in [0.717, 1.165) is 10.0 Å². The van der Waals surface area contributed by atoms with Crippen LogP contribution in [-0.4, -0.2) is 41.2 Å². The van der Waals surface area contributed by atoms with E-state index in [1.807, 2.05) is 36.4 Å². The van der Waals surface area contributed by atoms with Gasteiger partial charge in [0.15, 0.2) is 0 Å². The molecule has 1 aromatic heterocycles. The number of amides is 2. The average molecular weight is 471 g/mol. The molecule has 8 nitrogen and oxygen atoms in total. The van der Waals surface area contributed by atoms with Crippen molar-refractivity contribution in [2.45, 2.75) is 25.5 Å². The molecule has 1 N–H and O–H groups in total. The van der Waals surface area contributed by atoms with Crippen LogP contribution in [0.2, 0.25) is 0 Å². The van der Waals surface area contributed by atoms with E-state index in [-0.39, 0.29) is 11.8 Å². The lowest BCUT2D eigenvalue weighted by Crippen LogP contribution is -2.53. The van der Waals surface area contributed by atoms with Crippen LogP contribution >= 0.6 is 15.9 Å². The Hall–Kier alpha value is -3.20. The zero-order valence-electron chi connectivity index (χ0n) is 16.3. The molecule has 0 bridgehead atoms. The third-order valence-corrected chi connectivity index (χ3v) is 5.30. The molecule has 9 heteroatoms. The van der Waals surface area contributed by atoms with E-state index < -0.39 is 18.1 Å². The monoisotopic (exact) mass is 470 g/mol. The van der Waals surface area contributed by atoms with Crippen molar-refractivity contribution in [2.75, 3.05) is 11.9 Å². The van der Waals surface area contributed by atoms with Crippen LogP contribution in [0, 0.1) is 0 Å². The first-order valence-electron chi connectivity index (χ1n) is 9.33. The summed E-state index contributed by atoms with van der Waals surface area (Å²) in [5.74, 6) is -0.264. The van der Waals surface area contributed by atoms with Gasteiger partial charge in [0.1, 0.15) is 17.9 Å². The summed E-state index contributed by atoms with van der Waals surface area (Å²) in [5.41, 5.74) is 1.60. The molecule has 3 aromatic rings. The first-order chi connectivity index (χ1) is 14.4. The molecule has 2 heterocycles. The molecule has 30 heavy (non-hydrogen) atoms. The summed E-state index contributed by atoms with van der Waals surface area (Å²) in [6.45, 7) is 1.72. The Balaban J connectivity index is 1.50. The molecular formula is C21H19BrN4O4. The van der Waals surface area contributed by atoms with E-state index in [0.29, 0.717) is 23.7 Å². The van der Waals surface area contributed by atoms with Crippen LogP contribution in [0.15, 0.2) is 57.4 Å². The van der Waals surface area contributed by atoms with Gasteiger partial charge in [-0.2, -0.15) is 0 Å². The number of ether oxygens (including phenoxy) is 1. The van der Waals surface area contributed by atoms with Gasteiger partial charge in [0, 0.05) is 11.5 Å². The van der Waals surface area contributed by atoms with Crippen molar-refractivity contribution in [3.05, 3.63) is 70.3 Å². The highest BCUT2D eigenvalue weighted by Gasteiger charge is 2.36. The summed E-state index contributed by atoms with van der Waals surface area (Å²) in [6, 6.07) is 14.1. The molecular weight excluding hydrogens is 452 g/mol. The van der Waals surface area contributed by atoms with Crippen molar-refractivity contribution < 1.29 is 18.7 Å². The molecule has 1 aliphatic heterocycles. The van der Waals surface area contributed by atoms with Gasteiger partial charge in [-0.05, 0) is 30.7 Å². The van der Waals surface area contributed by atoms with Gasteiger partial charge in [-0.3, -0.25) is 9.59 Å². The number of likely N-dealkylation sites (N-methyl/N-ethyl adjacent to an activating group) is 1. The van der Waals surface area contributed by atoms with Gasteiger partial charge >= 0.3 is 11.8 Å². The maximum Gasteiger partial charge on any atom is 0.309 e. The standard InChI is InChI=1S/C21H19BrN4O4/c1-12-18(21(28)26(2)15-11-14(22)8-9-16(15)29-12)23-19(27)20-25-24-17(30-20)10-13-6-4-3-5-7-13/h3-9,11-12,18H,10H2,1-2H3,(H,23,27)/t12-,18+/m1/s1. The Morgan fingerprint density at radius 1 is 1.20 bits per heavy atom. The lowest BCUT2D eigenvalue weighted by molar-refractivity contribution is -0.121. The Morgan fingerprint density at radius 2 is 1.97 bits per heavy atom. The van der Waals surface area contributed by atoms with Gasteiger partial charge in [0.2, 0.25) is 5.89 Å².